The van der Waals surface area contributed by atoms with Crippen molar-refractivity contribution in [3.05, 3.63) is 71.9 Å². The Hall–Kier alpha value is -3.88. The fourth-order valence-electron chi connectivity index (χ4n) is 3.63. The molecule has 10 heteroatoms. The topological polar surface area (TPSA) is 130 Å². The summed E-state index contributed by atoms with van der Waals surface area (Å²) in [6.07, 6.45) is 1.27. The summed E-state index contributed by atoms with van der Waals surface area (Å²) in [5, 5.41) is 0.790. The first kappa shape index (κ1) is 24.8. The lowest BCUT2D eigenvalue weighted by molar-refractivity contribution is -0.142. The van der Waals surface area contributed by atoms with Gasteiger partial charge in [0.15, 0.2) is 0 Å². The van der Waals surface area contributed by atoms with E-state index < -0.39 is 33.3 Å². The van der Waals surface area contributed by atoms with Crippen LogP contribution in [0, 0.1) is 0 Å². The smallest absolute Gasteiger partial charge is 0.360 e. The van der Waals surface area contributed by atoms with Crippen LogP contribution in [0.4, 0.5) is 0 Å². The van der Waals surface area contributed by atoms with E-state index in [2.05, 4.69) is 4.79 Å². The number of amides is 2. The van der Waals surface area contributed by atoms with Gasteiger partial charge in [-0.1, -0.05) is 36.4 Å². The number of unbranched alkanes of at least 4 members (excludes halogenated alkanes) is 1. The number of ketones is 1. The van der Waals surface area contributed by atoms with Crippen LogP contribution in [0.15, 0.2) is 65.6 Å². The lowest BCUT2D eigenvalue weighted by atomic mass is 10.1. The van der Waals surface area contributed by atoms with Crippen molar-refractivity contribution < 1.29 is 27.6 Å². The van der Waals surface area contributed by atoms with Crippen LogP contribution in [-0.4, -0.2) is 52.4 Å². The van der Waals surface area contributed by atoms with E-state index in [4.69, 9.17) is 5.53 Å². The highest BCUT2D eigenvalue weighted by atomic mass is 32.2. The van der Waals surface area contributed by atoms with Gasteiger partial charge < -0.3 is 5.53 Å². The van der Waals surface area contributed by atoms with E-state index >= 15 is 0 Å². The molecule has 0 atom stereocenters. The minimum atomic E-state index is -3.82. The van der Waals surface area contributed by atoms with Gasteiger partial charge in [0.05, 0.1) is 10.4 Å². The number of hydrogen-bond donors (Lipinski definition) is 0. The van der Waals surface area contributed by atoms with Crippen molar-refractivity contribution in [1.29, 1.82) is 0 Å². The summed E-state index contributed by atoms with van der Waals surface area (Å²) in [5.41, 5.74) is 9.28. The Morgan fingerprint density at radius 3 is 2.29 bits per heavy atom. The molecule has 0 bridgehead atoms. The molecule has 0 N–H and O–H groups in total. The molecule has 0 radical (unpaired) electrons. The third-order valence-corrected chi connectivity index (χ3v) is 7.19. The third kappa shape index (κ3) is 5.03. The summed E-state index contributed by atoms with van der Waals surface area (Å²) in [7, 11) is -2.61. The molecule has 0 aliphatic heterocycles. The molecule has 3 rings (SSSR count). The van der Waals surface area contributed by atoms with Gasteiger partial charge in [-0.3, -0.25) is 19.3 Å². The Morgan fingerprint density at radius 1 is 1.00 bits per heavy atom. The average molecular weight is 481 g/mol. The second-order valence-corrected chi connectivity index (χ2v) is 9.53. The fraction of sp³-hybridized carbons (Fsp3) is 0.250. The second-order valence-electron chi connectivity index (χ2n) is 7.75. The molecule has 0 spiro atoms. The van der Waals surface area contributed by atoms with Crippen molar-refractivity contribution in [1.82, 2.24) is 8.87 Å². The van der Waals surface area contributed by atoms with E-state index in [1.807, 2.05) is 18.2 Å². The number of nitrogens with zero attached hydrogens (tertiary/aromatic N) is 4. The zero-order valence-electron chi connectivity index (χ0n) is 18.8. The van der Waals surface area contributed by atoms with Gasteiger partial charge in [0.1, 0.15) is 0 Å². The van der Waals surface area contributed by atoms with Crippen molar-refractivity contribution in [3.63, 3.8) is 0 Å². The van der Waals surface area contributed by atoms with E-state index in [-0.39, 0.29) is 11.3 Å². The normalized spacial score (nSPS) is 11.1. The fourth-order valence-corrected chi connectivity index (χ4v) is 5.22. The Labute approximate surface area is 197 Å². The molecule has 0 fully saturated rings. The number of carbonyl (C=O) groups is 3. The van der Waals surface area contributed by atoms with Crippen molar-refractivity contribution in [2.75, 3.05) is 7.05 Å². The van der Waals surface area contributed by atoms with Gasteiger partial charge in [-0.2, -0.15) is 4.79 Å². The number of fused-ring (bicyclic) bond motifs is 1. The summed E-state index contributed by atoms with van der Waals surface area (Å²) >= 11 is 0. The number of para-hydroxylation sites is 1. The third-order valence-electron chi connectivity index (χ3n) is 5.41. The summed E-state index contributed by atoms with van der Waals surface area (Å²) in [4.78, 5) is 39.4. The maximum Gasteiger partial charge on any atom is 0.421 e. The van der Waals surface area contributed by atoms with Gasteiger partial charge in [-0.25, -0.2) is 12.4 Å². The number of aryl methyl sites for hydroxylation is 1. The number of aromatic nitrogens is 1. The minimum absolute atomic E-state index is 0.00448. The lowest BCUT2D eigenvalue weighted by Gasteiger charge is -2.13. The SMILES string of the molecule is CC(=O)C(=[N+]=[N-])C(=O)N(C)C(=O)CCCCc1cc2ccccc2n1S(=O)(=O)c1ccccc1. The second kappa shape index (κ2) is 10.4. The molecule has 2 amide bonds. The lowest BCUT2D eigenvalue weighted by Crippen LogP contribution is -2.41. The number of carbonyl (C=O) groups excluding carboxylic acids is 3. The van der Waals surface area contributed by atoms with E-state index in [0.29, 0.717) is 30.5 Å². The monoisotopic (exact) mass is 480 g/mol. The van der Waals surface area contributed by atoms with Crippen LogP contribution >= 0.6 is 0 Å². The molecule has 1 heterocycles. The Morgan fingerprint density at radius 2 is 1.65 bits per heavy atom. The molecule has 0 unspecified atom stereocenters. The zero-order valence-corrected chi connectivity index (χ0v) is 19.7. The van der Waals surface area contributed by atoms with E-state index in [1.54, 1.807) is 42.5 Å². The quantitative estimate of drug-likeness (QED) is 0.153. The van der Waals surface area contributed by atoms with Crippen molar-refractivity contribution in [2.45, 2.75) is 37.5 Å². The molecule has 0 saturated carbocycles. The van der Waals surface area contributed by atoms with Crippen molar-refractivity contribution >= 4 is 44.2 Å². The van der Waals surface area contributed by atoms with Gasteiger partial charge in [0.25, 0.3) is 10.0 Å². The largest absolute Gasteiger partial charge is 0.421 e. The van der Waals surface area contributed by atoms with Gasteiger partial charge >= 0.3 is 11.6 Å². The average Bonchev–Trinajstić information content (AvgIpc) is 3.21. The number of Topliss-reactive ketones (excluding diaryl/α,β-unsaturated/α-hetero) is 1. The zero-order chi connectivity index (χ0) is 24.9. The molecule has 34 heavy (non-hydrogen) atoms. The van der Waals surface area contributed by atoms with Gasteiger partial charge in [-0.15, -0.1) is 0 Å². The first-order valence-corrected chi connectivity index (χ1v) is 12.1. The van der Waals surface area contributed by atoms with Crippen LogP contribution in [0.3, 0.4) is 0 Å². The van der Waals surface area contributed by atoms with Crippen molar-refractivity contribution in [2.24, 2.45) is 0 Å². The molecule has 0 saturated heterocycles. The number of rotatable bonds is 9. The maximum atomic E-state index is 13.4. The first-order valence-electron chi connectivity index (χ1n) is 10.6. The van der Waals surface area contributed by atoms with Crippen LogP contribution in [0.1, 0.15) is 31.9 Å². The van der Waals surface area contributed by atoms with Crippen molar-refractivity contribution in [3.8, 4) is 0 Å². The summed E-state index contributed by atoms with van der Waals surface area (Å²) in [5.74, 6) is -2.27. The molecule has 0 aliphatic carbocycles. The number of benzene rings is 2. The van der Waals surface area contributed by atoms with Crippen LogP contribution in [0.25, 0.3) is 16.4 Å². The summed E-state index contributed by atoms with van der Waals surface area (Å²) in [6, 6.07) is 17.2. The molecule has 3 aromatic rings. The van der Waals surface area contributed by atoms with E-state index in [1.165, 1.54) is 11.0 Å². The van der Waals surface area contributed by atoms with Crippen LogP contribution in [0.5, 0.6) is 0 Å². The molecule has 2 aromatic carbocycles. The summed E-state index contributed by atoms with van der Waals surface area (Å²) in [6.45, 7) is 1.06. The molecule has 0 aliphatic rings. The standard InChI is InChI=1S/C24H24N4O5S/c1-17(29)23(26-25)24(31)27(2)22(30)15-9-7-11-19-16-18-10-6-8-14-21(18)28(19)34(32,33)20-12-4-3-5-13-20/h3-6,8,10,12-14,16H,7,9,11,15H2,1-2H3. The Bertz CT molecular complexity index is 1400. The highest BCUT2D eigenvalue weighted by Gasteiger charge is 2.32. The van der Waals surface area contributed by atoms with Crippen LogP contribution < -0.4 is 0 Å². The highest BCUT2D eigenvalue weighted by molar-refractivity contribution is 7.90. The molecule has 1 aromatic heterocycles. The van der Waals surface area contributed by atoms with Crippen LogP contribution in [-0.2, 0) is 30.8 Å². The van der Waals surface area contributed by atoms with Crippen LogP contribution in [0.2, 0.25) is 0 Å². The van der Waals surface area contributed by atoms with Gasteiger partial charge in [0.2, 0.25) is 11.7 Å². The number of imide groups is 1. The molecule has 9 nitrogen and oxygen atoms in total. The van der Waals surface area contributed by atoms with E-state index in [0.717, 1.165) is 17.2 Å². The minimum Gasteiger partial charge on any atom is -0.360 e. The highest BCUT2D eigenvalue weighted by Crippen LogP contribution is 2.27. The number of hydrogen-bond acceptors (Lipinski definition) is 5. The first-order chi connectivity index (χ1) is 16.2. The molecular formula is C24H24N4O5S. The van der Waals surface area contributed by atoms with Gasteiger partial charge in [0, 0.05) is 31.5 Å². The Kier molecular flexibility index (Phi) is 7.55. The van der Waals surface area contributed by atoms with E-state index in [9.17, 15) is 22.8 Å². The predicted octanol–water partition coefficient (Wildman–Crippen LogP) is 2.84. The maximum absolute atomic E-state index is 13.4. The summed E-state index contributed by atoms with van der Waals surface area (Å²) < 4.78 is 28.1. The van der Waals surface area contributed by atoms with Gasteiger partial charge in [-0.05, 0) is 43.5 Å². The Balaban J connectivity index is 1.75. The predicted molar refractivity (Wildman–Crippen MR) is 126 cm³/mol. The molecule has 176 valence electrons. The molecular weight excluding hydrogens is 456 g/mol.